The SMILES string of the molecule is CC(C)[C@H](N)C(=O)NCCCS(=O)(=O)c1ccccc1.Cl. The molecule has 120 valence electrons. The van der Waals surface area contributed by atoms with Gasteiger partial charge in [-0.25, -0.2) is 8.42 Å². The molecule has 1 aromatic carbocycles. The first kappa shape index (κ1) is 19.9. The van der Waals surface area contributed by atoms with Gasteiger partial charge in [-0.05, 0) is 24.5 Å². The van der Waals surface area contributed by atoms with Crippen molar-refractivity contribution in [2.75, 3.05) is 12.3 Å². The van der Waals surface area contributed by atoms with Crippen molar-refractivity contribution in [1.82, 2.24) is 5.32 Å². The number of carbonyl (C=O) groups excluding carboxylic acids is 1. The van der Waals surface area contributed by atoms with Crippen molar-refractivity contribution in [3.8, 4) is 0 Å². The Balaban J connectivity index is 0.00000400. The van der Waals surface area contributed by atoms with E-state index in [0.717, 1.165) is 0 Å². The lowest BCUT2D eigenvalue weighted by Crippen LogP contribution is -2.44. The fourth-order valence-corrected chi connectivity index (χ4v) is 2.97. The summed E-state index contributed by atoms with van der Waals surface area (Å²) in [6.07, 6.45) is 0.369. The summed E-state index contributed by atoms with van der Waals surface area (Å²) in [4.78, 5) is 11.9. The maximum atomic E-state index is 12.0. The highest BCUT2D eigenvalue weighted by Gasteiger charge is 2.17. The van der Waals surface area contributed by atoms with Gasteiger partial charge in [0, 0.05) is 6.54 Å². The number of nitrogens with one attached hydrogen (secondary N) is 1. The summed E-state index contributed by atoms with van der Waals surface area (Å²) in [5, 5.41) is 2.66. The van der Waals surface area contributed by atoms with Crippen LogP contribution in [0.25, 0.3) is 0 Å². The molecular weight excluding hydrogens is 312 g/mol. The lowest BCUT2D eigenvalue weighted by molar-refractivity contribution is -0.123. The normalized spacial score (nSPS) is 12.6. The van der Waals surface area contributed by atoms with E-state index >= 15 is 0 Å². The van der Waals surface area contributed by atoms with Crippen LogP contribution in [0.4, 0.5) is 0 Å². The second-order valence-corrected chi connectivity index (χ2v) is 7.16. The van der Waals surface area contributed by atoms with Crippen molar-refractivity contribution in [2.24, 2.45) is 11.7 Å². The lowest BCUT2D eigenvalue weighted by atomic mass is 10.1. The van der Waals surface area contributed by atoms with Gasteiger partial charge in [0.05, 0.1) is 16.7 Å². The molecular formula is C14H23ClN2O3S. The van der Waals surface area contributed by atoms with E-state index in [1.54, 1.807) is 30.3 Å². The maximum absolute atomic E-state index is 12.0. The summed E-state index contributed by atoms with van der Waals surface area (Å²) in [6, 6.07) is 7.74. The predicted molar refractivity (Wildman–Crippen MR) is 86.2 cm³/mol. The van der Waals surface area contributed by atoms with Crippen LogP contribution in [0.2, 0.25) is 0 Å². The molecule has 0 radical (unpaired) electrons. The molecule has 0 spiro atoms. The Hall–Kier alpha value is -1.11. The Bertz CT molecular complexity index is 532. The number of halogens is 1. The van der Waals surface area contributed by atoms with E-state index in [1.165, 1.54) is 0 Å². The van der Waals surface area contributed by atoms with Crippen LogP contribution in [-0.2, 0) is 14.6 Å². The molecule has 0 fully saturated rings. The molecule has 3 N–H and O–H groups in total. The quantitative estimate of drug-likeness (QED) is 0.737. The van der Waals surface area contributed by atoms with Gasteiger partial charge < -0.3 is 11.1 Å². The maximum Gasteiger partial charge on any atom is 0.237 e. The summed E-state index contributed by atoms with van der Waals surface area (Å²) >= 11 is 0. The molecule has 1 rings (SSSR count). The van der Waals surface area contributed by atoms with E-state index in [4.69, 9.17) is 5.73 Å². The Kier molecular flexibility index (Phi) is 8.54. The Morgan fingerprint density at radius 2 is 1.81 bits per heavy atom. The van der Waals surface area contributed by atoms with E-state index in [2.05, 4.69) is 5.32 Å². The first-order chi connectivity index (χ1) is 9.34. The summed E-state index contributed by atoms with van der Waals surface area (Å²) in [6.45, 7) is 4.04. The van der Waals surface area contributed by atoms with Gasteiger partial charge in [-0.2, -0.15) is 0 Å². The molecule has 7 heteroatoms. The van der Waals surface area contributed by atoms with Crippen molar-refractivity contribution in [2.45, 2.75) is 31.2 Å². The zero-order valence-electron chi connectivity index (χ0n) is 12.3. The lowest BCUT2D eigenvalue weighted by Gasteiger charge is -2.15. The van der Waals surface area contributed by atoms with E-state index in [-0.39, 0.29) is 30.0 Å². The molecule has 0 aromatic heterocycles. The summed E-state index contributed by atoms with van der Waals surface area (Å²) in [5.41, 5.74) is 5.69. The van der Waals surface area contributed by atoms with Crippen LogP contribution >= 0.6 is 12.4 Å². The van der Waals surface area contributed by atoms with Gasteiger partial charge in [0.15, 0.2) is 9.84 Å². The smallest absolute Gasteiger partial charge is 0.237 e. The number of carbonyl (C=O) groups is 1. The third-order valence-corrected chi connectivity index (χ3v) is 4.83. The Morgan fingerprint density at radius 1 is 1.24 bits per heavy atom. The van der Waals surface area contributed by atoms with Gasteiger partial charge >= 0.3 is 0 Å². The topological polar surface area (TPSA) is 89.3 Å². The third kappa shape index (κ3) is 6.46. The Morgan fingerprint density at radius 3 is 2.33 bits per heavy atom. The molecule has 0 saturated heterocycles. The van der Waals surface area contributed by atoms with Gasteiger partial charge in [-0.1, -0.05) is 32.0 Å². The van der Waals surface area contributed by atoms with E-state index in [1.807, 2.05) is 13.8 Å². The molecule has 0 aliphatic rings. The standard InChI is InChI=1S/C14H22N2O3S.ClH/c1-11(2)13(15)14(17)16-9-6-10-20(18,19)12-7-4-3-5-8-12;/h3-5,7-8,11,13H,6,9-10,15H2,1-2H3,(H,16,17);1H/t13-;/m0./s1. The molecule has 21 heavy (non-hydrogen) atoms. The molecule has 1 amide bonds. The molecule has 0 aliphatic heterocycles. The summed E-state index contributed by atoms with van der Waals surface area (Å²) in [7, 11) is -3.28. The van der Waals surface area contributed by atoms with Crippen molar-refractivity contribution < 1.29 is 13.2 Å². The largest absolute Gasteiger partial charge is 0.355 e. The van der Waals surface area contributed by atoms with Crippen LogP contribution in [-0.4, -0.2) is 32.7 Å². The number of sulfone groups is 1. The van der Waals surface area contributed by atoms with Gasteiger partial charge in [0.25, 0.3) is 0 Å². The second kappa shape index (κ2) is 9.02. The van der Waals surface area contributed by atoms with Crippen LogP contribution in [0.1, 0.15) is 20.3 Å². The number of amides is 1. The van der Waals surface area contributed by atoms with E-state index < -0.39 is 15.9 Å². The summed E-state index contributed by atoms with van der Waals surface area (Å²) < 4.78 is 24.0. The van der Waals surface area contributed by atoms with Crippen molar-refractivity contribution in [3.05, 3.63) is 30.3 Å². The van der Waals surface area contributed by atoms with Crippen LogP contribution in [0, 0.1) is 5.92 Å². The summed E-state index contributed by atoms with van der Waals surface area (Å²) in [5.74, 6) is -0.172. The molecule has 5 nitrogen and oxygen atoms in total. The van der Waals surface area contributed by atoms with Gasteiger partial charge in [0.2, 0.25) is 5.91 Å². The average Bonchev–Trinajstić information content (AvgIpc) is 2.43. The van der Waals surface area contributed by atoms with Crippen LogP contribution in [0.3, 0.4) is 0 Å². The first-order valence-electron chi connectivity index (χ1n) is 6.65. The minimum absolute atomic E-state index is 0. The van der Waals surface area contributed by atoms with Crippen LogP contribution < -0.4 is 11.1 Å². The van der Waals surface area contributed by atoms with E-state index in [0.29, 0.717) is 17.9 Å². The molecule has 0 aliphatic carbocycles. The molecule has 0 saturated carbocycles. The highest BCUT2D eigenvalue weighted by molar-refractivity contribution is 7.91. The van der Waals surface area contributed by atoms with Crippen LogP contribution in [0.5, 0.6) is 0 Å². The Labute approximate surface area is 132 Å². The predicted octanol–water partition coefficient (Wildman–Crippen LogP) is 1.37. The molecule has 0 unspecified atom stereocenters. The van der Waals surface area contributed by atoms with Crippen molar-refractivity contribution >= 4 is 28.2 Å². The first-order valence-corrected chi connectivity index (χ1v) is 8.31. The molecule has 1 atom stereocenters. The number of hydrogen-bond donors (Lipinski definition) is 2. The fraction of sp³-hybridized carbons (Fsp3) is 0.500. The number of rotatable bonds is 7. The van der Waals surface area contributed by atoms with Gasteiger partial charge in [0.1, 0.15) is 0 Å². The van der Waals surface area contributed by atoms with Crippen molar-refractivity contribution in [3.63, 3.8) is 0 Å². The minimum Gasteiger partial charge on any atom is -0.355 e. The number of nitrogens with two attached hydrogens (primary N) is 1. The van der Waals surface area contributed by atoms with Crippen molar-refractivity contribution in [1.29, 1.82) is 0 Å². The molecule has 0 bridgehead atoms. The fourth-order valence-electron chi connectivity index (χ4n) is 1.64. The highest BCUT2D eigenvalue weighted by atomic mass is 35.5. The molecule has 0 heterocycles. The minimum atomic E-state index is -3.28. The van der Waals surface area contributed by atoms with Gasteiger partial charge in [-0.15, -0.1) is 12.4 Å². The molecule has 1 aromatic rings. The zero-order chi connectivity index (χ0) is 15.2. The third-order valence-electron chi connectivity index (χ3n) is 3.01. The van der Waals surface area contributed by atoms with Gasteiger partial charge in [-0.3, -0.25) is 4.79 Å². The number of benzene rings is 1. The second-order valence-electron chi connectivity index (χ2n) is 5.05. The highest BCUT2D eigenvalue weighted by Crippen LogP contribution is 2.10. The van der Waals surface area contributed by atoms with Crippen LogP contribution in [0.15, 0.2) is 35.2 Å². The van der Waals surface area contributed by atoms with E-state index in [9.17, 15) is 13.2 Å². The average molecular weight is 335 g/mol. The number of hydrogen-bond acceptors (Lipinski definition) is 4. The zero-order valence-corrected chi connectivity index (χ0v) is 13.9. The monoisotopic (exact) mass is 334 g/mol.